The van der Waals surface area contributed by atoms with E-state index in [1.807, 2.05) is 0 Å². The molecule has 2 N–H and O–H groups in total. The van der Waals surface area contributed by atoms with E-state index < -0.39 is 35.1 Å². The van der Waals surface area contributed by atoms with Crippen molar-refractivity contribution in [3.05, 3.63) is 77.4 Å². The maximum absolute atomic E-state index is 13.5. The Morgan fingerprint density at radius 3 is 1.48 bits per heavy atom. The number of benzene rings is 3. The van der Waals surface area contributed by atoms with Crippen LogP contribution in [0.3, 0.4) is 0 Å². The molecule has 3 rings (SSSR count). The lowest BCUT2D eigenvalue weighted by molar-refractivity contribution is -0.140. The molecule has 0 radical (unpaired) electrons. The number of anilines is 1. The van der Waals surface area contributed by atoms with E-state index in [1.54, 1.807) is 0 Å². The molecule has 0 aliphatic rings. The van der Waals surface area contributed by atoms with Gasteiger partial charge in [0.2, 0.25) is 0 Å². The van der Waals surface area contributed by atoms with Crippen molar-refractivity contribution in [3.8, 4) is 22.3 Å². The summed E-state index contributed by atoms with van der Waals surface area (Å²) in [5.41, 5.74) is 3.00. The molecule has 0 atom stereocenters. The van der Waals surface area contributed by atoms with Gasteiger partial charge in [-0.25, -0.2) is 8.78 Å². The third-order valence-corrected chi connectivity index (χ3v) is 4.24. The smallest absolute Gasteiger partial charge is 0.398 e. The summed E-state index contributed by atoms with van der Waals surface area (Å²) in [6, 6.07) is 8.51. The van der Waals surface area contributed by atoms with Gasteiger partial charge in [0, 0.05) is 11.3 Å². The highest BCUT2D eigenvalue weighted by molar-refractivity contribution is 5.82. The summed E-state index contributed by atoms with van der Waals surface area (Å²) in [5, 5.41) is 0. The van der Waals surface area contributed by atoms with E-state index in [1.165, 1.54) is 18.2 Å². The van der Waals surface area contributed by atoms with Crippen molar-refractivity contribution in [1.82, 2.24) is 0 Å². The normalized spacial score (nSPS) is 12.3. The zero-order chi connectivity index (χ0) is 21.6. The summed E-state index contributed by atoms with van der Waals surface area (Å²) in [6.07, 6.45) is -9.86. The number of hydrogen-bond donors (Lipinski definition) is 1. The summed E-state index contributed by atoms with van der Waals surface area (Å²) in [4.78, 5) is 0. The molecule has 0 amide bonds. The highest BCUT2D eigenvalue weighted by atomic mass is 19.4. The highest BCUT2D eigenvalue weighted by Gasteiger charge is 2.35. The van der Waals surface area contributed by atoms with E-state index in [0.29, 0.717) is 24.3 Å². The second-order valence-corrected chi connectivity index (χ2v) is 6.19. The lowest BCUT2D eigenvalue weighted by Crippen LogP contribution is -2.08. The molecule has 3 aromatic rings. The standard InChI is InChI=1S/C20H11F8N/c21-16-4-1-11(8-14(16)19(23,24)25)10-3-6-18(29)13(7-10)12-2-5-17(22)15(9-12)20(26,27)28/h1-9H,29H2. The molecule has 152 valence electrons. The summed E-state index contributed by atoms with van der Waals surface area (Å²) >= 11 is 0. The van der Waals surface area contributed by atoms with E-state index in [2.05, 4.69) is 0 Å². The average Bonchev–Trinajstić information content (AvgIpc) is 2.61. The molecule has 0 saturated heterocycles. The SMILES string of the molecule is Nc1ccc(-c2ccc(F)c(C(F)(F)F)c2)cc1-c1ccc(F)c(C(F)(F)F)c1. The van der Waals surface area contributed by atoms with E-state index in [0.717, 1.165) is 12.1 Å². The Morgan fingerprint density at radius 2 is 0.966 bits per heavy atom. The summed E-state index contributed by atoms with van der Waals surface area (Å²) in [5.74, 6) is -2.92. The van der Waals surface area contributed by atoms with Crippen LogP contribution in [0.4, 0.5) is 40.8 Å². The lowest BCUT2D eigenvalue weighted by Gasteiger charge is -2.14. The van der Waals surface area contributed by atoms with Crippen molar-refractivity contribution in [2.75, 3.05) is 5.73 Å². The molecule has 0 spiro atoms. The quantitative estimate of drug-likeness (QED) is 0.356. The van der Waals surface area contributed by atoms with Crippen LogP contribution in [0.5, 0.6) is 0 Å². The van der Waals surface area contributed by atoms with Crippen LogP contribution >= 0.6 is 0 Å². The Labute approximate surface area is 159 Å². The summed E-state index contributed by atoms with van der Waals surface area (Å²) in [7, 11) is 0. The Morgan fingerprint density at radius 1 is 0.552 bits per heavy atom. The number of nitrogens with two attached hydrogens (primary N) is 1. The van der Waals surface area contributed by atoms with Crippen LogP contribution in [0.1, 0.15) is 11.1 Å². The Balaban J connectivity index is 2.14. The van der Waals surface area contributed by atoms with Crippen molar-refractivity contribution in [2.24, 2.45) is 0 Å². The number of alkyl halides is 6. The number of rotatable bonds is 2. The van der Waals surface area contributed by atoms with Crippen LogP contribution in [0, 0.1) is 11.6 Å². The van der Waals surface area contributed by atoms with Gasteiger partial charge in [-0.15, -0.1) is 0 Å². The van der Waals surface area contributed by atoms with Gasteiger partial charge in [0.15, 0.2) is 0 Å². The zero-order valence-electron chi connectivity index (χ0n) is 14.3. The zero-order valence-corrected chi connectivity index (χ0v) is 14.3. The van der Waals surface area contributed by atoms with E-state index in [-0.39, 0.29) is 27.9 Å². The van der Waals surface area contributed by atoms with Gasteiger partial charge in [-0.1, -0.05) is 18.2 Å². The Bertz CT molecular complexity index is 1070. The van der Waals surface area contributed by atoms with Crippen LogP contribution < -0.4 is 5.73 Å². The van der Waals surface area contributed by atoms with Crippen molar-refractivity contribution < 1.29 is 35.1 Å². The predicted octanol–water partition coefficient (Wildman–Crippen LogP) is 6.92. The minimum Gasteiger partial charge on any atom is -0.398 e. The molecule has 1 nitrogen and oxygen atoms in total. The fourth-order valence-corrected chi connectivity index (χ4v) is 2.82. The molecular formula is C20H11F8N. The van der Waals surface area contributed by atoms with Gasteiger partial charge in [-0.2, -0.15) is 26.3 Å². The van der Waals surface area contributed by atoms with Crippen LogP contribution in [-0.2, 0) is 12.4 Å². The van der Waals surface area contributed by atoms with Gasteiger partial charge in [-0.05, 0) is 53.1 Å². The molecule has 0 saturated carbocycles. The predicted molar refractivity (Wildman–Crippen MR) is 91.6 cm³/mol. The molecule has 0 aliphatic heterocycles. The first-order chi connectivity index (χ1) is 13.4. The molecular weight excluding hydrogens is 406 g/mol. The molecule has 0 aliphatic carbocycles. The Kier molecular flexibility index (Phi) is 5.02. The molecule has 0 heterocycles. The fourth-order valence-electron chi connectivity index (χ4n) is 2.82. The first-order valence-corrected chi connectivity index (χ1v) is 8.01. The third-order valence-electron chi connectivity index (χ3n) is 4.24. The molecule has 0 bridgehead atoms. The van der Waals surface area contributed by atoms with Gasteiger partial charge in [-0.3, -0.25) is 0 Å². The average molecular weight is 417 g/mol. The van der Waals surface area contributed by atoms with Crippen LogP contribution in [0.15, 0.2) is 54.6 Å². The monoisotopic (exact) mass is 417 g/mol. The van der Waals surface area contributed by atoms with Gasteiger partial charge in [0.05, 0.1) is 11.1 Å². The molecule has 0 fully saturated rings. The number of halogens is 8. The minimum atomic E-state index is -4.94. The van der Waals surface area contributed by atoms with Gasteiger partial charge < -0.3 is 5.73 Å². The highest BCUT2D eigenvalue weighted by Crippen LogP contribution is 2.38. The van der Waals surface area contributed by atoms with Gasteiger partial charge >= 0.3 is 12.4 Å². The van der Waals surface area contributed by atoms with Crippen molar-refractivity contribution >= 4 is 5.69 Å². The molecule has 9 heteroatoms. The van der Waals surface area contributed by atoms with E-state index in [9.17, 15) is 35.1 Å². The molecule has 29 heavy (non-hydrogen) atoms. The number of nitrogen functional groups attached to an aromatic ring is 1. The van der Waals surface area contributed by atoms with Crippen LogP contribution in [0.2, 0.25) is 0 Å². The summed E-state index contributed by atoms with van der Waals surface area (Å²) in [6.45, 7) is 0. The molecule has 3 aromatic carbocycles. The molecule has 0 aromatic heterocycles. The minimum absolute atomic E-state index is 0.0156. The number of hydrogen-bond acceptors (Lipinski definition) is 1. The van der Waals surface area contributed by atoms with Crippen molar-refractivity contribution in [1.29, 1.82) is 0 Å². The van der Waals surface area contributed by atoms with Crippen molar-refractivity contribution in [3.63, 3.8) is 0 Å². The first-order valence-electron chi connectivity index (χ1n) is 8.01. The van der Waals surface area contributed by atoms with E-state index in [4.69, 9.17) is 5.73 Å². The second-order valence-electron chi connectivity index (χ2n) is 6.19. The first kappa shape index (κ1) is 20.6. The molecule has 0 unspecified atom stereocenters. The lowest BCUT2D eigenvalue weighted by atomic mass is 9.95. The van der Waals surface area contributed by atoms with Gasteiger partial charge in [0.1, 0.15) is 11.6 Å². The third kappa shape index (κ3) is 4.18. The van der Waals surface area contributed by atoms with Crippen molar-refractivity contribution in [2.45, 2.75) is 12.4 Å². The topological polar surface area (TPSA) is 26.0 Å². The second kappa shape index (κ2) is 7.06. The van der Waals surface area contributed by atoms with Crippen LogP contribution in [0.25, 0.3) is 22.3 Å². The Hall–Kier alpha value is -3.10. The maximum Gasteiger partial charge on any atom is 0.419 e. The van der Waals surface area contributed by atoms with Gasteiger partial charge in [0.25, 0.3) is 0 Å². The van der Waals surface area contributed by atoms with Crippen LogP contribution in [-0.4, -0.2) is 0 Å². The summed E-state index contributed by atoms with van der Waals surface area (Å²) < 4.78 is 105. The fraction of sp³-hybridized carbons (Fsp3) is 0.100. The largest absolute Gasteiger partial charge is 0.419 e. The maximum atomic E-state index is 13.5. The van der Waals surface area contributed by atoms with E-state index >= 15 is 0 Å².